The van der Waals surface area contributed by atoms with Gasteiger partial charge in [0, 0.05) is 13.8 Å². The zero-order chi connectivity index (χ0) is 18.3. The van der Waals surface area contributed by atoms with E-state index in [1.807, 2.05) is 24.3 Å². The number of benzene rings is 1. The summed E-state index contributed by atoms with van der Waals surface area (Å²) >= 11 is 0. The van der Waals surface area contributed by atoms with Gasteiger partial charge in [-0.05, 0) is 37.3 Å². The normalized spacial score (nSPS) is 12.6. The molecule has 0 fully saturated rings. The number of esters is 1. The van der Waals surface area contributed by atoms with Crippen molar-refractivity contribution in [3.8, 4) is 0 Å². The standard InChI is InChI=1S/C19H28O5/c1-7-22-18(21)24-19(5,6)23-17(20)14(4)16-10-8-15(9-11-16)12-13(2)3/h8-11,13-14H,7,12H2,1-6H3. The van der Waals surface area contributed by atoms with E-state index in [9.17, 15) is 9.59 Å². The third-order valence-corrected chi connectivity index (χ3v) is 3.41. The van der Waals surface area contributed by atoms with Gasteiger partial charge in [-0.15, -0.1) is 0 Å². The molecule has 1 unspecified atom stereocenters. The number of carbonyl (C=O) groups excluding carboxylic acids is 2. The lowest BCUT2D eigenvalue weighted by molar-refractivity contribution is -0.201. The van der Waals surface area contributed by atoms with E-state index in [2.05, 4.69) is 13.8 Å². The van der Waals surface area contributed by atoms with E-state index in [0.717, 1.165) is 12.0 Å². The Morgan fingerprint density at radius 2 is 1.62 bits per heavy atom. The van der Waals surface area contributed by atoms with E-state index in [-0.39, 0.29) is 6.61 Å². The predicted molar refractivity (Wildman–Crippen MR) is 91.7 cm³/mol. The SMILES string of the molecule is CCOC(=O)OC(C)(C)OC(=O)C(C)c1ccc(CC(C)C)cc1. The summed E-state index contributed by atoms with van der Waals surface area (Å²) in [4.78, 5) is 23.7. The fourth-order valence-corrected chi connectivity index (χ4v) is 2.25. The number of rotatable bonds is 7. The van der Waals surface area contributed by atoms with E-state index in [1.54, 1.807) is 13.8 Å². The zero-order valence-corrected chi connectivity index (χ0v) is 15.4. The summed E-state index contributed by atoms with van der Waals surface area (Å²) in [6, 6.07) is 7.92. The number of hydrogen-bond donors (Lipinski definition) is 0. The van der Waals surface area contributed by atoms with Gasteiger partial charge in [-0.1, -0.05) is 38.1 Å². The summed E-state index contributed by atoms with van der Waals surface area (Å²) in [6.45, 7) is 11.0. The van der Waals surface area contributed by atoms with Gasteiger partial charge in [-0.2, -0.15) is 0 Å². The van der Waals surface area contributed by atoms with Gasteiger partial charge in [-0.25, -0.2) is 4.79 Å². The van der Waals surface area contributed by atoms with Crippen molar-refractivity contribution < 1.29 is 23.8 Å². The molecule has 0 saturated carbocycles. The van der Waals surface area contributed by atoms with Crippen molar-refractivity contribution in [3.63, 3.8) is 0 Å². The second kappa shape index (κ2) is 8.71. The predicted octanol–water partition coefficient (Wildman–Crippen LogP) is 4.44. The van der Waals surface area contributed by atoms with E-state index < -0.39 is 23.8 Å². The van der Waals surface area contributed by atoms with E-state index in [0.29, 0.717) is 5.92 Å². The van der Waals surface area contributed by atoms with Gasteiger partial charge in [0.1, 0.15) is 0 Å². The summed E-state index contributed by atoms with van der Waals surface area (Å²) in [5.41, 5.74) is 2.10. The highest BCUT2D eigenvalue weighted by atomic mass is 16.8. The molecule has 0 aromatic heterocycles. The van der Waals surface area contributed by atoms with Crippen molar-refractivity contribution in [3.05, 3.63) is 35.4 Å². The van der Waals surface area contributed by atoms with Crippen LogP contribution in [0.3, 0.4) is 0 Å². The highest BCUT2D eigenvalue weighted by Gasteiger charge is 2.31. The fourth-order valence-electron chi connectivity index (χ4n) is 2.25. The minimum atomic E-state index is -1.38. The molecule has 1 aromatic carbocycles. The largest absolute Gasteiger partial charge is 0.511 e. The molecule has 0 saturated heterocycles. The van der Waals surface area contributed by atoms with Crippen LogP contribution in [0.25, 0.3) is 0 Å². The Hall–Kier alpha value is -2.04. The molecule has 134 valence electrons. The number of carbonyl (C=O) groups is 2. The summed E-state index contributed by atoms with van der Waals surface area (Å²) in [5.74, 6) is -1.71. The molecule has 0 bridgehead atoms. The summed E-state index contributed by atoms with van der Waals surface area (Å²) in [7, 11) is 0. The Kier molecular flexibility index (Phi) is 7.26. The number of hydrogen-bond acceptors (Lipinski definition) is 5. The van der Waals surface area contributed by atoms with Crippen molar-refractivity contribution in [2.75, 3.05) is 6.61 Å². The fraction of sp³-hybridized carbons (Fsp3) is 0.579. The van der Waals surface area contributed by atoms with Crippen LogP contribution in [0.2, 0.25) is 0 Å². The third kappa shape index (κ3) is 6.60. The van der Waals surface area contributed by atoms with Gasteiger partial charge in [0.25, 0.3) is 5.79 Å². The second-order valence-corrected chi connectivity index (χ2v) is 6.67. The topological polar surface area (TPSA) is 61.8 Å². The summed E-state index contributed by atoms with van der Waals surface area (Å²) < 4.78 is 15.0. The molecule has 0 amide bonds. The molecule has 1 aromatic rings. The van der Waals surface area contributed by atoms with E-state index in [4.69, 9.17) is 14.2 Å². The molecule has 1 rings (SSSR count). The molecule has 5 nitrogen and oxygen atoms in total. The van der Waals surface area contributed by atoms with Crippen LogP contribution in [0.4, 0.5) is 4.79 Å². The maximum absolute atomic E-state index is 12.3. The molecule has 1 atom stereocenters. The van der Waals surface area contributed by atoms with Crippen LogP contribution >= 0.6 is 0 Å². The molecular formula is C19H28O5. The maximum atomic E-state index is 12.3. The van der Waals surface area contributed by atoms with Crippen LogP contribution in [0.15, 0.2) is 24.3 Å². The van der Waals surface area contributed by atoms with Gasteiger partial charge < -0.3 is 14.2 Å². The highest BCUT2D eigenvalue weighted by Crippen LogP contribution is 2.22. The molecule has 0 aliphatic rings. The smallest absolute Gasteiger partial charge is 0.434 e. The molecule has 0 aliphatic heterocycles. The van der Waals surface area contributed by atoms with Crippen LogP contribution in [0, 0.1) is 5.92 Å². The molecule has 0 heterocycles. The van der Waals surface area contributed by atoms with E-state index in [1.165, 1.54) is 19.4 Å². The minimum Gasteiger partial charge on any atom is -0.434 e. The average Bonchev–Trinajstić information content (AvgIpc) is 2.45. The zero-order valence-electron chi connectivity index (χ0n) is 15.4. The quantitative estimate of drug-likeness (QED) is 0.544. The Morgan fingerprint density at radius 3 is 2.12 bits per heavy atom. The van der Waals surface area contributed by atoms with Crippen LogP contribution in [0.5, 0.6) is 0 Å². The van der Waals surface area contributed by atoms with Gasteiger partial charge in [0.2, 0.25) is 0 Å². The molecule has 0 spiro atoms. The first kappa shape index (κ1) is 20.0. The van der Waals surface area contributed by atoms with Gasteiger partial charge >= 0.3 is 12.1 Å². The van der Waals surface area contributed by atoms with Crippen LogP contribution < -0.4 is 0 Å². The summed E-state index contributed by atoms with van der Waals surface area (Å²) in [5, 5.41) is 0. The second-order valence-electron chi connectivity index (χ2n) is 6.67. The van der Waals surface area contributed by atoms with Crippen molar-refractivity contribution in [1.29, 1.82) is 0 Å². The molecular weight excluding hydrogens is 308 g/mol. The molecule has 0 N–H and O–H groups in total. The first-order chi connectivity index (χ1) is 11.1. The number of ether oxygens (including phenoxy) is 3. The molecule has 0 aliphatic carbocycles. The van der Waals surface area contributed by atoms with Gasteiger partial charge in [0.05, 0.1) is 12.5 Å². The Bertz CT molecular complexity index is 545. The van der Waals surface area contributed by atoms with Crippen LogP contribution in [0.1, 0.15) is 58.6 Å². The van der Waals surface area contributed by atoms with Crippen molar-refractivity contribution in [2.24, 2.45) is 5.92 Å². The van der Waals surface area contributed by atoms with E-state index >= 15 is 0 Å². The highest BCUT2D eigenvalue weighted by molar-refractivity contribution is 5.78. The monoisotopic (exact) mass is 336 g/mol. The lowest BCUT2D eigenvalue weighted by Gasteiger charge is -2.26. The summed E-state index contributed by atoms with van der Waals surface area (Å²) in [6.07, 6.45) is 0.139. The molecule has 5 heteroatoms. The third-order valence-electron chi connectivity index (χ3n) is 3.41. The first-order valence-corrected chi connectivity index (χ1v) is 8.32. The lowest BCUT2D eigenvalue weighted by atomic mass is 9.97. The first-order valence-electron chi connectivity index (χ1n) is 8.32. The minimum absolute atomic E-state index is 0.196. The molecule has 0 radical (unpaired) electrons. The lowest BCUT2D eigenvalue weighted by Crippen LogP contribution is -2.35. The van der Waals surface area contributed by atoms with Gasteiger partial charge in [-0.3, -0.25) is 4.79 Å². The van der Waals surface area contributed by atoms with Crippen molar-refractivity contribution in [2.45, 2.75) is 59.7 Å². The average molecular weight is 336 g/mol. The van der Waals surface area contributed by atoms with Crippen LogP contribution in [-0.2, 0) is 25.4 Å². The Balaban J connectivity index is 2.68. The maximum Gasteiger partial charge on any atom is 0.511 e. The van der Waals surface area contributed by atoms with Crippen LogP contribution in [-0.4, -0.2) is 24.5 Å². The molecule has 24 heavy (non-hydrogen) atoms. The van der Waals surface area contributed by atoms with Crippen molar-refractivity contribution >= 4 is 12.1 Å². The Labute approximate surface area is 144 Å². The van der Waals surface area contributed by atoms with Crippen molar-refractivity contribution in [1.82, 2.24) is 0 Å². The Morgan fingerprint density at radius 1 is 1.04 bits per heavy atom. The van der Waals surface area contributed by atoms with Gasteiger partial charge in [0.15, 0.2) is 0 Å².